The minimum absolute atomic E-state index is 0. The average Bonchev–Trinajstić information content (AvgIpc) is 2.23. The summed E-state index contributed by atoms with van der Waals surface area (Å²) in [6.45, 7) is 12.4. The molecule has 2 atom stereocenters. The molecule has 102 valence electrons. The lowest BCUT2D eigenvalue weighted by Gasteiger charge is -2.36. The zero-order valence-corrected chi connectivity index (χ0v) is 12.7. The molecule has 2 rings (SSSR count). The third-order valence-electron chi connectivity index (χ3n) is 3.74. The Morgan fingerprint density at radius 2 is 1.78 bits per heavy atom. The van der Waals surface area contributed by atoms with Crippen molar-refractivity contribution in [2.24, 2.45) is 0 Å². The molecule has 3 heteroatoms. The van der Waals surface area contributed by atoms with Crippen molar-refractivity contribution in [2.75, 3.05) is 13.1 Å². The molecular weight excluding hydrogens is 244 g/mol. The van der Waals surface area contributed by atoms with Crippen molar-refractivity contribution >= 4 is 12.4 Å². The summed E-state index contributed by atoms with van der Waals surface area (Å²) < 4.78 is 0. The lowest BCUT2D eigenvalue weighted by molar-refractivity contribution is 0.166. The van der Waals surface area contributed by atoms with Gasteiger partial charge in [-0.3, -0.25) is 4.90 Å². The maximum Gasteiger partial charge on any atom is 0.0237 e. The van der Waals surface area contributed by atoms with Gasteiger partial charge in [0.15, 0.2) is 0 Å². The van der Waals surface area contributed by atoms with Gasteiger partial charge in [-0.05, 0) is 44.4 Å². The van der Waals surface area contributed by atoms with E-state index in [2.05, 4.69) is 56.1 Å². The van der Waals surface area contributed by atoms with Gasteiger partial charge in [0.25, 0.3) is 0 Å². The van der Waals surface area contributed by atoms with Gasteiger partial charge in [0.05, 0.1) is 0 Å². The van der Waals surface area contributed by atoms with Crippen LogP contribution in [-0.4, -0.2) is 30.1 Å². The molecule has 1 N–H and O–H groups in total. The number of aryl methyl sites for hydroxylation is 1. The van der Waals surface area contributed by atoms with E-state index in [0.717, 1.165) is 19.6 Å². The van der Waals surface area contributed by atoms with Crippen molar-refractivity contribution in [1.29, 1.82) is 0 Å². The normalized spacial score (nSPS) is 24.7. The number of halogens is 1. The number of nitrogens with zero attached hydrogens (tertiary/aromatic N) is 1. The Kier molecular flexibility index (Phi) is 5.64. The quantitative estimate of drug-likeness (QED) is 0.887. The molecular formula is C15H25ClN2. The summed E-state index contributed by atoms with van der Waals surface area (Å²) in [5.41, 5.74) is 4.33. The molecule has 0 spiro atoms. The SMILES string of the molecule is Cc1cccc(CN2CC(C)NC(C)C2)c1C.Cl. The molecule has 0 bridgehead atoms. The lowest BCUT2D eigenvalue weighted by Crippen LogP contribution is -2.53. The topological polar surface area (TPSA) is 15.3 Å². The number of piperazine rings is 1. The summed E-state index contributed by atoms with van der Waals surface area (Å²) >= 11 is 0. The Morgan fingerprint density at radius 1 is 1.17 bits per heavy atom. The zero-order chi connectivity index (χ0) is 12.4. The summed E-state index contributed by atoms with van der Waals surface area (Å²) in [6.07, 6.45) is 0. The van der Waals surface area contributed by atoms with Crippen molar-refractivity contribution in [1.82, 2.24) is 10.2 Å². The van der Waals surface area contributed by atoms with Crippen LogP contribution in [0.5, 0.6) is 0 Å². The molecule has 1 aliphatic heterocycles. The summed E-state index contributed by atoms with van der Waals surface area (Å²) in [7, 11) is 0. The first-order valence-corrected chi connectivity index (χ1v) is 6.59. The van der Waals surface area contributed by atoms with Crippen LogP contribution in [0.2, 0.25) is 0 Å². The molecule has 0 aliphatic carbocycles. The van der Waals surface area contributed by atoms with Crippen LogP contribution in [0.15, 0.2) is 18.2 Å². The monoisotopic (exact) mass is 268 g/mol. The number of nitrogens with one attached hydrogen (secondary N) is 1. The van der Waals surface area contributed by atoms with Crippen molar-refractivity contribution in [3.8, 4) is 0 Å². The molecule has 1 aliphatic rings. The smallest absolute Gasteiger partial charge is 0.0237 e. The molecule has 18 heavy (non-hydrogen) atoms. The molecule has 2 unspecified atom stereocenters. The van der Waals surface area contributed by atoms with Gasteiger partial charge in [0.1, 0.15) is 0 Å². The van der Waals surface area contributed by atoms with Crippen molar-refractivity contribution in [2.45, 2.75) is 46.3 Å². The van der Waals surface area contributed by atoms with Gasteiger partial charge in [0.2, 0.25) is 0 Å². The van der Waals surface area contributed by atoms with Crippen molar-refractivity contribution in [3.63, 3.8) is 0 Å². The zero-order valence-electron chi connectivity index (χ0n) is 11.9. The van der Waals surface area contributed by atoms with E-state index in [0.29, 0.717) is 12.1 Å². The van der Waals surface area contributed by atoms with Crippen LogP contribution >= 0.6 is 12.4 Å². The van der Waals surface area contributed by atoms with Gasteiger partial charge >= 0.3 is 0 Å². The van der Waals surface area contributed by atoms with Crippen molar-refractivity contribution in [3.05, 3.63) is 34.9 Å². The van der Waals surface area contributed by atoms with Crippen LogP contribution in [0.4, 0.5) is 0 Å². The maximum absolute atomic E-state index is 3.58. The minimum atomic E-state index is 0. The molecule has 1 saturated heterocycles. The third-order valence-corrected chi connectivity index (χ3v) is 3.74. The van der Waals surface area contributed by atoms with E-state index in [-0.39, 0.29) is 12.4 Å². The fourth-order valence-electron chi connectivity index (χ4n) is 2.79. The minimum Gasteiger partial charge on any atom is -0.309 e. The second-order valence-electron chi connectivity index (χ2n) is 5.52. The first kappa shape index (κ1) is 15.5. The number of hydrogen-bond donors (Lipinski definition) is 1. The van der Waals surface area contributed by atoms with Crippen LogP contribution in [0, 0.1) is 13.8 Å². The van der Waals surface area contributed by atoms with Crippen LogP contribution in [0.1, 0.15) is 30.5 Å². The highest BCUT2D eigenvalue weighted by Crippen LogP contribution is 2.16. The Labute approximate surface area is 117 Å². The third kappa shape index (κ3) is 3.71. The second-order valence-corrected chi connectivity index (χ2v) is 5.52. The molecule has 0 radical (unpaired) electrons. The Hall–Kier alpha value is -0.570. The Morgan fingerprint density at radius 3 is 2.39 bits per heavy atom. The number of benzene rings is 1. The maximum atomic E-state index is 3.58. The highest BCUT2D eigenvalue weighted by Gasteiger charge is 2.21. The number of rotatable bonds is 2. The molecule has 1 aromatic carbocycles. The summed E-state index contributed by atoms with van der Waals surface area (Å²) in [4.78, 5) is 2.56. The first-order chi connectivity index (χ1) is 8.06. The largest absolute Gasteiger partial charge is 0.309 e. The predicted molar refractivity (Wildman–Crippen MR) is 80.5 cm³/mol. The van der Waals surface area contributed by atoms with Crippen molar-refractivity contribution < 1.29 is 0 Å². The van der Waals surface area contributed by atoms with Gasteiger partial charge < -0.3 is 5.32 Å². The summed E-state index contributed by atoms with van der Waals surface area (Å²) in [6, 6.07) is 7.83. The van der Waals surface area contributed by atoms with Gasteiger partial charge in [-0.15, -0.1) is 12.4 Å². The fourth-order valence-corrected chi connectivity index (χ4v) is 2.79. The van der Waals surface area contributed by atoms with Crippen LogP contribution < -0.4 is 5.32 Å². The Balaban J connectivity index is 0.00000162. The van der Waals surface area contributed by atoms with Gasteiger partial charge in [-0.25, -0.2) is 0 Å². The molecule has 1 aromatic rings. The molecule has 0 saturated carbocycles. The molecule has 1 fully saturated rings. The fraction of sp³-hybridized carbons (Fsp3) is 0.600. The standard InChI is InChI=1S/C15H24N2.ClH/c1-11-6-5-7-15(14(11)4)10-17-8-12(2)16-13(3)9-17;/h5-7,12-13,16H,8-10H2,1-4H3;1H. The average molecular weight is 269 g/mol. The van der Waals surface area contributed by atoms with E-state index in [1.165, 1.54) is 16.7 Å². The molecule has 2 nitrogen and oxygen atoms in total. The van der Waals surface area contributed by atoms with E-state index in [1.54, 1.807) is 0 Å². The first-order valence-electron chi connectivity index (χ1n) is 6.59. The summed E-state index contributed by atoms with van der Waals surface area (Å²) in [5, 5.41) is 3.58. The lowest BCUT2D eigenvalue weighted by atomic mass is 10.0. The second kappa shape index (κ2) is 6.55. The number of hydrogen-bond acceptors (Lipinski definition) is 2. The predicted octanol–water partition coefficient (Wildman–Crippen LogP) is 2.91. The van der Waals surface area contributed by atoms with E-state index in [1.807, 2.05) is 0 Å². The van der Waals surface area contributed by atoms with Crippen LogP contribution in [0.25, 0.3) is 0 Å². The van der Waals surface area contributed by atoms with Gasteiger partial charge in [-0.1, -0.05) is 18.2 Å². The van der Waals surface area contributed by atoms with Crippen LogP contribution in [-0.2, 0) is 6.54 Å². The highest BCUT2D eigenvalue weighted by molar-refractivity contribution is 5.85. The Bertz CT molecular complexity index is 382. The summed E-state index contributed by atoms with van der Waals surface area (Å²) in [5.74, 6) is 0. The van der Waals surface area contributed by atoms with Gasteiger partial charge in [-0.2, -0.15) is 0 Å². The molecule has 0 amide bonds. The van der Waals surface area contributed by atoms with E-state index < -0.39 is 0 Å². The van der Waals surface area contributed by atoms with E-state index in [4.69, 9.17) is 0 Å². The van der Waals surface area contributed by atoms with Gasteiger partial charge in [0, 0.05) is 31.7 Å². The highest BCUT2D eigenvalue weighted by atomic mass is 35.5. The molecule has 0 aromatic heterocycles. The molecule has 1 heterocycles. The van der Waals surface area contributed by atoms with Crippen LogP contribution in [0.3, 0.4) is 0 Å². The van der Waals surface area contributed by atoms with E-state index >= 15 is 0 Å². The van der Waals surface area contributed by atoms with E-state index in [9.17, 15) is 0 Å².